The van der Waals surface area contributed by atoms with Gasteiger partial charge in [-0.2, -0.15) is 0 Å². The van der Waals surface area contributed by atoms with Crippen LogP contribution in [0.15, 0.2) is 11.4 Å². The summed E-state index contributed by atoms with van der Waals surface area (Å²) in [6, 6.07) is 0. The second-order valence-electron chi connectivity index (χ2n) is 6.49. The lowest BCUT2D eigenvalue weighted by Crippen LogP contribution is -2.36. The van der Waals surface area contributed by atoms with Gasteiger partial charge in [0.2, 0.25) is 15.0 Å². The highest BCUT2D eigenvalue weighted by Crippen LogP contribution is 2.21. The Morgan fingerprint density at radius 1 is 1.29 bits per heavy atom. The Bertz CT molecular complexity index is 632. The maximum atomic E-state index is 12.6. The summed E-state index contributed by atoms with van der Waals surface area (Å²) < 4.78 is 38.1. The topological polar surface area (TPSA) is 73.7 Å². The van der Waals surface area contributed by atoms with Crippen LogP contribution in [0.3, 0.4) is 0 Å². The fourth-order valence-electron chi connectivity index (χ4n) is 3.30. The van der Waals surface area contributed by atoms with E-state index in [1.165, 1.54) is 0 Å². The molecule has 3 heterocycles. The smallest absolute Gasteiger partial charge is 0.227 e. The quantitative estimate of drug-likeness (QED) is 0.727. The molecule has 1 atom stereocenters. The summed E-state index contributed by atoms with van der Waals surface area (Å²) in [4.78, 5) is 6.56. The van der Waals surface area contributed by atoms with Gasteiger partial charge < -0.3 is 14.0 Å². The van der Waals surface area contributed by atoms with E-state index in [4.69, 9.17) is 9.47 Å². The van der Waals surface area contributed by atoms with Gasteiger partial charge in [0, 0.05) is 26.2 Å². The zero-order valence-electron chi connectivity index (χ0n) is 14.3. The van der Waals surface area contributed by atoms with Gasteiger partial charge >= 0.3 is 0 Å². The molecule has 3 rings (SSSR count). The molecule has 0 aliphatic carbocycles. The van der Waals surface area contributed by atoms with Gasteiger partial charge in [0.1, 0.15) is 0 Å². The van der Waals surface area contributed by atoms with E-state index < -0.39 is 9.84 Å². The summed E-state index contributed by atoms with van der Waals surface area (Å²) in [5, 5.41) is 0.197. The molecule has 1 aromatic rings. The number of nitrogens with zero attached hydrogens (tertiary/aromatic N) is 3. The van der Waals surface area contributed by atoms with Crippen LogP contribution in [-0.2, 0) is 32.4 Å². The number of aromatic nitrogens is 2. The molecule has 2 saturated heterocycles. The molecule has 0 spiro atoms. The Kier molecular flexibility index (Phi) is 5.91. The van der Waals surface area contributed by atoms with Crippen molar-refractivity contribution >= 4 is 9.84 Å². The van der Waals surface area contributed by atoms with Gasteiger partial charge in [0.05, 0.1) is 43.5 Å². The standard InChI is InChI=1S/C16H27N3O4S/c1-2-10-24(20,21)16-17-11-14(12-18-5-8-22-9-6-18)19(16)13-15-4-3-7-23-15/h11,15H,2-10,12-13H2,1H3/t15-/m1/s1. The lowest BCUT2D eigenvalue weighted by molar-refractivity contribution is 0.0324. The Hall–Kier alpha value is -0.960. The number of ether oxygens (including phenoxy) is 2. The molecule has 0 bridgehead atoms. The number of hydrogen-bond donors (Lipinski definition) is 0. The van der Waals surface area contributed by atoms with Gasteiger partial charge in [-0.3, -0.25) is 4.90 Å². The highest BCUT2D eigenvalue weighted by molar-refractivity contribution is 7.91. The Balaban J connectivity index is 1.84. The molecule has 8 heteroatoms. The SMILES string of the molecule is CCCS(=O)(=O)c1ncc(CN2CCOCC2)n1C[C@H]1CCCO1. The Labute approximate surface area is 143 Å². The third-order valence-electron chi connectivity index (χ3n) is 4.55. The van der Waals surface area contributed by atoms with Crippen molar-refractivity contribution in [2.75, 3.05) is 38.7 Å². The maximum absolute atomic E-state index is 12.6. The average molecular weight is 357 g/mol. The highest BCUT2D eigenvalue weighted by atomic mass is 32.2. The van der Waals surface area contributed by atoms with Crippen molar-refractivity contribution in [3.8, 4) is 0 Å². The number of sulfone groups is 1. The van der Waals surface area contributed by atoms with Crippen molar-refractivity contribution in [1.82, 2.24) is 14.5 Å². The predicted octanol–water partition coefficient (Wildman–Crippen LogP) is 1.08. The maximum Gasteiger partial charge on any atom is 0.227 e. The van der Waals surface area contributed by atoms with E-state index in [9.17, 15) is 8.42 Å². The summed E-state index contributed by atoms with van der Waals surface area (Å²) in [7, 11) is -3.35. The van der Waals surface area contributed by atoms with E-state index in [0.29, 0.717) is 19.5 Å². The second-order valence-corrected chi connectivity index (χ2v) is 8.49. The zero-order chi connectivity index (χ0) is 17.0. The van der Waals surface area contributed by atoms with Crippen LogP contribution in [0, 0.1) is 0 Å². The molecule has 1 aromatic heterocycles. The molecule has 2 aliphatic rings. The number of hydrogen-bond acceptors (Lipinski definition) is 6. The van der Waals surface area contributed by atoms with E-state index in [-0.39, 0.29) is 17.0 Å². The first-order valence-electron chi connectivity index (χ1n) is 8.79. The van der Waals surface area contributed by atoms with Gasteiger partial charge in [-0.15, -0.1) is 0 Å². The third-order valence-corrected chi connectivity index (χ3v) is 6.38. The molecular formula is C16H27N3O4S. The van der Waals surface area contributed by atoms with Gasteiger partial charge in [0.25, 0.3) is 0 Å². The minimum absolute atomic E-state index is 0.0817. The van der Waals surface area contributed by atoms with Crippen molar-refractivity contribution < 1.29 is 17.9 Å². The molecule has 136 valence electrons. The first-order valence-corrected chi connectivity index (χ1v) is 10.4. The average Bonchev–Trinajstić information content (AvgIpc) is 3.20. The molecular weight excluding hydrogens is 330 g/mol. The van der Waals surface area contributed by atoms with Crippen LogP contribution >= 0.6 is 0 Å². The minimum atomic E-state index is -3.35. The third kappa shape index (κ3) is 4.17. The van der Waals surface area contributed by atoms with Gasteiger partial charge in [-0.1, -0.05) is 6.92 Å². The predicted molar refractivity (Wildman–Crippen MR) is 89.6 cm³/mol. The molecule has 2 aliphatic heterocycles. The van der Waals surface area contributed by atoms with Gasteiger partial charge in [-0.25, -0.2) is 13.4 Å². The van der Waals surface area contributed by atoms with Crippen LogP contribution in [0.1, 0.15) is 31.9 Å². The van der Waals surface area contributed by atoms with Crippen molar-refractivity contribution in [3.05, 3.63) is 11.9 Å². The lowest BCUT2D eigenvalue weighted by atomic mass is 10.2. The van der Waals surface area contributed by atoms with Crippen molar-refractivity contribution in [3.63, 3.8) is 0 Å². The van der Waals surface area contributed by atoms with Crippen LogP contribution < -0.4 is 0 Å². The molecule has 0 N–H and O–H groups in total. The highest BCUT2D eigenvalue weighted by Gasteiger charge is 2.27. The van der Waals surface area contributed by atoms with Crippen LogP contribution in [0.2, 0.25) is 0 Å². The van der Waals surface area contributed by atoms with Crippen molar-refractivity contribution in [2.24, 2.45) is 0 Å². The van der Waals surface area contributed by atoms with E-state index in [1.54, 1.807) is 6.20 Å². The van der Waals surface area contributed by atoms with Crippen molar-refractivity contribution in [1.29, 1.82) is 0 Å². The van der Waals surface area contributed by atoms with Crippen LogP contribution in [-0.4, -0.2) is 67.6 Å². The summed E-state index contributed by atoms with van der Waals surface area (Å²) in [6.07, 6.45) is 4.40. The monoisotopic (exact) mass is 357 g/mol. The summed E-state index contributed by atoms with van der Waals surface area (Å²) in [6.45, 7) is 7.07. The zero-order valence-corrected chi connectivity index (χ0v) is 15.1. The first kappa shape index (κ1) is 17.8. The number of rotatable bonds is 7. The van der Waals surface area contributed by atoms with Crippen molar-refractivity contribution in [2.45, 2.75) is 50.5 Å². The van der Waals surface area contributed by atoms with Gasteiger partial charge in [0.15, 0.2) is 0 Å². The van der Waals surface area contributed by atoms with E-state index in [1.807, 2.05) is 11.5 Å². The molecule has 0 amide bonds. The first-order chi connectivity index (χ1) is 11.6. The lowest BCUT2D eigenvalue weighted by Gasteiger charge is -2.27. The summed E-state index contributed by atoms with van der Waals surface area (Å²) >= 11 is 0. The fraction of sp³-hybridized carbons (Fsp3) is 0.812. The molecule has 0 unspecified atom stereocenters. The van der Waals surface area contributed by atoms with E-state index in [0.717, 1.165) is 51.4 Å². The molecule has 7 nitrogen and oxygen atoms in total. The Morgan fingerprint density at radius 2 is 2.08 bits per heavy atom. The summed E-state index contributed by atoms with van der Waals surface area (Å²) in [5.74, 6) is 0.131. The number of morpholine rings is 1. The second kappa shape index (κ2) is 7.95. The largest absolute Gasteiger partial charge is 0.379 e. The Morgan fingerprint density at radius 3 is 2.75 bits per heavy atom. The van der Waals surface area contributed by atoms with Gasteiger partial charge in [-0.05, 0) is 19.3 Å². The molecule has 0 aromatic carbocycles. The molecule has 0 saturated carbocycles. The van der Waals surface area contributed by atoms with Crippen LogP contribution in [0.5, 0.6) is 0 Å². The van der Waals surface area contributed by atoms with Crippen LogP contribution in [0.25, 0.3) is 0 Å². The normalized spacial score (nSPS) is 23.0. The van der Waals surface area contributed by atoms with E-state index >= 15 is 0 Å². The van der Waals surface area contributed by atoms with E-state index in [2.05, 4.69) is 9.88 Å². The molecule has 2 fully saturated rings. The molecule has 0 radical (unpaired) electrons. The minimum Gasteiger partial charge on any atom is -0.379 e. The number of imidazole rings is 1. The van der Waals surface area contributed by atoms with Crippen LogP contribution in [0.4, 0.5) is 0 Å². The molecule has 24 heavy (non-hydrogen) atoms. The summed E-state index contributed by atoms with van der Waals surface area (Å²) in [5.41, 5.74) is 0.946. The fourth-order valence-corrected chi connectivity index (χ4v) is 4.76.